The van der Waals surface area contributed by atoms with Gasteiger partial charge < -0.3 is 60.6 Å². The SMILES string of the molecule is CC1=C(CCOP(=O)(O)OP(=O)(O)O)S[C@H]([C@](O)(CO)[C@@H](O)[C@H](O)[C@H](O)COP(=O)(O)O)N1Cc1cnc(C)nc1N. The topological polar surface area (TPSA) is 336 Å². The van der Waals surface area contributed by atoms with Crippen LogP contribution in [0.5, 0.6) is 0 Å². The summed E-state index contributed by atoms with van der Waals surface area (Å²) < 4.78 is 46.1. The van der Waals surface area contributed by atoms with Crippen LogP contribution < -0.4 is 5.73 Å². The molecule has 1 aliphatic rings. The first-order valence-corrected chi connectivity index (χ1v) is 17.1. The molecule has 0 spiro atoms. The van der Waals surface area contributed by atoms with Gasteiger partial charge in [-0.15, -0.1) is 11.8 Å². The second kappa shape index (κ2) is 14.4. The van der Waals surface area contributed by atoms with E-state index in [2.05, 4.69) is 23.3 Å². The number of aliphatic hydroxyl groups is 5. The molecule has 20 nitrogen and oxygen atoms in total. The molecule has 2 heterocycles. The van der Waals surface area contributed by atoms with Gasteiger partial charge in [0.1, 0.15) is 40.9 Å². The fraction of sp³-hybridized carbons (Fsp3) is 0.667. The van der Waals surface area contributed by atoms with Crippen LogP contribution in [0.1, 0.15) is 24.7 Å². The Morgan fingerprint density at radius 1 is 1.10 bits per heavy atom. The number of phosphoric ester groups is 2. The number of nitrogen functional groups attached to an aromatic ring is 1. The lowest BCUT2D eigenvalue weighted by Crippen LogP contribution is -2.63. The van der Waals surface area contributed by atoms with Gasteiger partial charge >= 0.3 is 23.5 Å². The average molecular weight is 686 g/mol. The smallest absolute Gasteiger partial charge is 0.393 e. The molecule has 0 radical (unpaired) electrons. The maximum absolute atomic E-state index is 11.8. The molecule has 0 bridgehead atoms. The minimum Gasteiger partial charge on any atom is -0.393 e. The van der Waals surface area contributed by atoms with E-state index in [1.165, 1.54) is 18.0 Å². The first kappa shape index (κ1) is 37.1. The van der Waals surface area contributed by atoms with Gasteiger partial charge in [-0.3, -0.25) is 9.05 Å². The standard InChI is InChI=1S/C18H33N4O16P3S/c1-9-13(3-4-36-41(34,35)38-40(31,32)33)42-17(22(9)6-11-5-20-10(2)21-16(11)19)18(27,8-23)15(26)14(25)12(24)7-37-39(28,29)30/h5,12,14-15,17,23-27H,3-4,6-8H2,1-2H3,(H,34,35)(H2,19,20,21)(H2,28,29,30)(H2,31,32,33)/t12-,14-,15+,17-,18+/m1/s1. The van der Waals surface area contributed by atoms with Gasteiger partial charge in [-0.1, -0.05) is 0 Å². The number of hydrogen-bond donors (Lipinski definition) is 11. The Bertz CT molecular complexity index is 1280. The van der Waals surface area contributed by atoms with E-state index in [0.717, 1.165) is 11.8 Å². The number of hydrogen-bond acceptors (Lipinski definition) is 16. The van der Waals surface area contributed by atoms with Crippen LogP contribution in [0.25, 0.3) is 0 Å². The number of nitrogens with two attached hydrogens (primary N) is 1. The molecule has 1 aromatic rings. The number of aromatic nitrogens is 2. The second-order valence-electron chi connectivity index (χ2n) is 9.00. The van der Waals surface area contributed by atoms with Crippen LogP contribution in [0.4, 0.5) is 5.82 Å². The Balaban J connectivity index is 2.38. The Kier molecular flexibility index (Phi) is 12.7. The molecule has 0 saturated carbocycles. The van der Waals surface area contributed by atoms with Gasteiger partial charge in [0.2, 0.25) is 0 Å². The van der Waals surface area contributed by atoms with E-state index in [4.69, 9.17) is 25.3 Å². The van der Waals surface area contributed by atoms with Crippen molar-refractivity contribution >= 4 is 41.0 Å². The Labute approximate surface area is 242 Å². The fourth-order valence-corrected chi connectivity index (χ4v) is 7.23. The molecule has 1 unspecified atom stereocenters. The third kappa shape index (κ3) is 10.3. The highest BCUT2D eigenvalue weighted by Crippen LogP contribution is 2.58. The van der Waals surface area contributed by atoms with Crippen LogP contribution in [0, 0.1) is 6.92 Å². The monoisotopic (exact) mass is 686 g/mol. The van der Waals surface area contributed by atoms with Gasteiger partial charge in [-0.25, -0.2) is 23.7 Å². The van der Waals surface area contributed by atoms with Crippen molar-refractivity contribution in [2.24, 2.45) is 0 Å². The third-order valence-electron chi connectivity index (χ3n) is 5.85. The van der Waals surface area contributed by atoms with Crippen molar-refractivity contribution < 1.29 is 77.1 Å². The first-order valence-electron chi connectivity index (χ1n) is 11.6. The molecule has 24 heteroatoms. The number of phosphoric acid groups is 3. The maximum Gasteiger partial charge on any atom is 0.481 e. The van der Waals surface area contributed by atoms with Crippen LogP contribution in [-0.2, 0) is 33.6 Å². The van der Waals surface area contributed by atoms with E-state index in [9.17, 15) is 44.1 Å². The third-order valence-corrected chi connectivity index (χ3v) is 10.2. The quantitative estimate of drug-likeness (QED) is 0.0838. The van der Waals surface area contributed by atoms with Crippen molar-refractivity contribution in [1.29, 1.82) is 0 Å². The average Bonchev–Trinajstić information content (AvgIpc) is 3.16. The van der Waals surface area contributed by atoms with Gasteiger partial charge in [0, 0.05) is 35.3 Å². The summed E-state index contributed by atoms with van der Waals surface area (Å²) in [5.74, 6) is 0.390. The fourth-order valence-electron chi connectivity index (χ4n) is 3.76. The molecular formula is C18H33N4O16P3S. The molecule has 0 aromatic carbocycles. The highest BCUT2D eigenvalue weighted by atomic mass is 32.2. The number of aryl methyl sites for hydroxylation is 1. The molecule has 42 heavy (non-hydrogen) atoms. The Morgan fingerprint density at radius 3 is 2.24 bits per heavy atom. The minimum absolute atomic E-state index is 0.0461. The molecule has 1 aliphatic heterocycles. The van der Waals surface area contributed by atoms with E-state index < -0.39 is 72.6 Å². The van der Waals surface area contributed by atoms with Crippen molar-refractivity contribution in [3.8, 4) is 0 Å². The highest BCUT2D eigenvalue weighted by molar-refractivity contribution is 8.04. The molecule has 1 aromatic heterocycles. The number of anilines is 1. The second-order valence-corrected chi connectivity index (χ2v) is 14.2. The van der Waals surface area contributed by atoms with Crippen LogP contribution in [0.15, 0.2) is 16.8 Å². The lowest BCUT2D eigenvalue weighted by atomic mass is 9.89. The number of thioether (sulfide) groups is 1. The van der Waals surface area contributed by atoms with Crippen LogP contribution >= 0.6 is 35.2 Å². The van der Waals surface area contributed by atoms with Gasteiger partial charge in [-0.2, -0.15) is 4.31 Å². The molecule has 0 amide bonds. The summed E-state index contributed by atoms with van der Waals surface area (Å²) >= 11 is 0.785. The summed E-state index contributed by atoms with van der Waals surface area (Å²) in [6.45, 7) is -0.0795. The summed E-state index contributed by atoms with van der Waals surface area (Å²) in [5, 5.41) is 51.8. The zero-order chi connectivity index (χ0) is 32.3. The van der Waals surface area contributed by atoms with Gasteiger partial charge in [-0.05, 0) is 13.8 Å². The van der Waals surface area contributed by atoms with Crippen LogP contribution in [-0.4, -0.2) is 114 Å². The number of allylic oxidation sites excluding steroid dienone is 1. The summed E-state index contributed by atoms with van der Waals surface area (Å²) in [4.78, 5) is 54.5. The van der Waals surface area contributed by atoms with Gasteiger partial charge in [0.15, 0.2) is 0 Å². The van der Waals surface area contributed by atoms with Crippen molar-refractivity contribution in [3.63, 3.8) is 0 Å². The normalized spacial score (nSPS) is 21.6. The maximum atomic E-state index is 11.8. The molecule has 0 aliphatic carbocycles. The van der Waals surface area contributed by atoms with E-state index in [1.807, 2.05) is 0 Å². The first-order chi connectivity index (χ1) is 19.1. The molecule has 0 saturated heterocycles. The van der Waals surface area contributed by atoms with E-state index in [-0.39, 0.29) is 18.8 Å². The van der Waals surface area contributed by atoms with Crippen molar-refractivity contribution in [2.45, 2.75) is 56.1 Å². The van der Waals surface area contributed by atoms with E-state index >= 15 is 0 Å². The lowest BCUT2D eigenvalue weighted by molar-refractivity contribution is -0.182. The van der Waals surface area contributed by atoms with Gasteiger partial charge in [0.25, 0.3) is 0 Å². The van der Waals surface area contributed by atoms with Crippen molar-refractivity contribution in [1.82, 2.24) is 14.9 Å². The van der Waals surface area contributed by atoms with E-state index in [1.54, 1.807) is 6.92 Å². The molecule has 2 rings (SSSR count). The van der Waals surface area contributed by atoms with Crippen LogP contribution in [0.2, 0.25) is 0 Å². The molecule has 12 N–H and O–H groups in total. The predicted octanol–water partition coefficient (Wildman–Crippen LogP) is -1.99. The summed E-state index contributed by atoms with van der Waals surface area (Å²) in [5.41, 5.74) is 3.97. The van der Waals surface area contributed by atoms with E-state index in [0.29, 0.717) is 22.0 Å². The Hall–Kier alpha value is -1.06. The zero-order valence-electron chi connectivity index (χ0n) is 22.0. The highest BCUT2D eigenvalue weighted by Gasteiger charge is 2.53. The predicted molar refractivity (Wildman–Crippen MR) is 142 cm³/mol. The largest absolute Gasteiger partial charge is 0.481 e. The summed E-state index contributed by atoms with van der Waals surface area (Å²) in [6.07, 6.45) is -5.65. The number of aliphatic hydroxyl groups excluding tert-OH is 4. The summed E-state index contributed by atoms with van der Waals surface area (Å²) in [7, 11) is -15.6. The zero-order valence-corrected chi connectivity index (χ0v) is 25.5. The molecule has 242 valence electrons. The molecule has 6 atom stereocenters. The van der Waals surface area contributed by atoms with Crippen molar-refractivity contribution in [2.75, 3.05) is 25.6 Å². The number of nitrogens with zero attached hydrogens (tertiary/aromatic N) is 3. The lowest BCUT2D eigenvalue weighted by Gasteiger charge is -2.43. The summed E-state index contributed by atoms with van der Waals surface area (Å²) in [6, 6.07) is 0. The molecular weight excluding hydrogens is 653 g/mol. The van der Waals surface area contributed by atoms with Crippen molar-refractivity contribution in [3.05, 3.63) is 28.2 Å². The van der Waals surface area contributed by atoms with Crippen LogP contribution in [0.3, 0.4) is 0 Å². The molecule has 0 fully saturated rings. The number of rotatable bonds is 16. The minimum atomic E-state index is -5.37. The Morgan fingerprint density at radius 2 is 1.71 bits per heavy atom. The van der Waals surface area contributed by atoms with Gasteiger partial charge in [0.05, 0.1) is 19.8 Å².